The molecule has 1 fully saturated rings. The van der Waals surface area contributed by atoms with Gasteiger partial charge in [-0.2, -0.15) is 0 Å². The summed E-state index contributed by atoms with van der Waals surface area (Å²) < 4.78 is 1.01. The van der Waals surface area contributed by atoms with Crippen LogP contribution in [0.3, 0.4) is 0 Å². The van der Waals surface area contributed by atoms with E-state index >= 15 is 0 Å². The van der Waals surface area contributed by atoms with Crippen LogP contribution in [0.5, 0.6) is 0 Å². The molecule has 0 aliphatic carbocycles. The number of quaternary nitrogens is 1. The van der Waals surface area contributed by atoms with Gasteiger partial charge in [0.1, 0.15) is 6.04 Å². The van der Waals surface area contributed by atoms with Crippen LogP contribution in [-0.4, -0.2) is 42.9 Å². The van der Waals surface area contributed by atoms with E-state index in [-0.39, 0.29) is 0 Å². The zero-order chi connectivity index (χ0) is 6.91. The minimum absolute atomic E-state index is 0.354. The topological polar surface area (TPSA) is 20.2 Å². The van der Waals surface area contributed by atoms with Crippen LogP contribution in [0.1, 0.15) is 12.8 Å². The Labute approximate surface area is 56.7 Å². The molecular formula is C7H16NO+. The Hall–Kier alpha value is -0.0800. The summed E-state index contributed by atoms with van der Waals surface area (Å²) in [5.74, 6) is 0. The Kier molecular flexibility index (Phi) is 1.78. The number of nitrogens with zero attached hydrogens (tertiary/aromatic N) is 1. The highest BCUT2D eigenvalue weighted by molar-refractivity contribution is 4.63. The quantitative estimate of drug-likeness (QED) is 0.503. The third-order valence-corrected chi connectivity index (χ3v) is 2.47. The number of likely N-dealkylation sites (N-methyl/N-ethyl adjacent to an activating group) is 1. The van der Waals surface area contributed by atoms with Crippen molar-refractivity contribution in [3.8, 4) is 0 Å². The SMILES string of the molecule is C[N+]1(C)CCCC1CO. The first-order valence-corrected chi connectivity index (χ1v) is 3.60. The fraction of sp³-hybridized carbons (Fsp3) is 1.00. The largest absolute Gasteiger partial charge is 0.390 e. The highest BCUT2D eigenvalue weighted by Crippen LogP contribution is 2.20. The number of rotatable bonds is 1. The maximum Gasteiger partial charge on any atom is 0.112 e. The first-order valence-electron chi connectivity index (χ1n) is 3.60. The number of hydrogen-bond donors (Lipinski definition) is 1. The molecule has 1 atom stereocenters. The first kappa shape index (κ1) is 7.03. The van der Waals surface area contributed by atoms with Crippen molar-refractivity contribution in [2.24, 2.45) is 0 Å². The van der Waals surface area contributed by atoms with Crippen molar-refractivity contribution in [2.45, 2.75) is 18.9 Å². The molecule has 0 aromatic rings. The van der Waals surface area contributed by atoms with Gasteiger partial charge in [-0.15, -0.1) is 0 Å². The van der Waals surface area contributed by atoms with Gasteiger partial charge in [0, 0.05) is 12.8 Å². The van der Waals surface area contributed by atoms with Crippen LogP contribution in [0.2, 0.25) is 0 Å². The van der Waals surface area contributed by atoms with Gasteiger partial charge < -0.3 is 9.59 Å². The third kappa shape index (κ3) is 1.25. The molecule has 0 radical (unpaired) electrons. The summed E-state index contributed by atoms with van der Waals surface area (Å²) in [6.07, 6.45) is 2.47. The molecule has 1 unspecified atom stereocenters. The molecule has 1 saturated heterocycles. The Morgan fingerprint density at radius 3 is 2.44 bits per heavy atom. The van der Waals surface area contributed by atoms with Crippen molar-refractivity contribution in [3.05, 3.63) is 0 Å². The van der Waals surface area contributed by atoms with Gasteiger partial charge in [-0.05, 0) is 0 Å². The van der Waals surface area contributed by atoms with Crippen molar-refractivity contribution in [1.82, 2.24) is 0 Å². The van der Waals surface area contributed by atoms with Crippen molar-refractivity contribution in [2.75, 3.05) is 27.2 Å². The van der Waals surface area contributed by atoms with Crippen molar-refractivity contribution in [1.29, 1.82) is 0 Å². The van der Waals surface area contributed by atoms with E-state index in [2.05, 4.69) is 14.1 Å². The van der Waals surface area contributed by atoms with E-state index in [0.717, 1.165) is 4.48 Å². The maximum absolute atomic E-state index is 8.89. The van der Waals surface area contributed by atoms with E-state index < -0.39 is 0 Å². The molecule has 0 aromatic carbocycles. The number of hydrogen-bond acceptors (Lipinski definition) is 1. The van der Waals surface area contributed by atoms with Crippen molar-refractivity contribution >= 4 is 0 Å². The normalized spacial score (nSPS) is 33.0. The molecule has 1 N–H and O–H groups in total. The van der Waals surface area contributed by atoms with Crippen LogP contribution in [0.25, 0.3) is 0 Å². The summed E-state index contributed by atoms with van der Waals surface area (Å²) in [4.78, 5) is 0. The van der Waals surface area contributed by atoms with E-state index in [9.17, 15) is 0 Å². The third-order valence-electron chi connectivity index (χ3n) is 2.47. The maximum atomic E-state index is 8.89. The number of aliphatic hydroxyl groups is 1. The summed E-state index contributed by atoms with van der Waals surface area (Å²) in [7, 11) is 4.38. The molecule has 2 heteroatoms. The fourth-order valence-corrected chi connectivity index (χ4v) is 1.58. The van der Waals surface area contributed by atoms with Gasteiger partial charge in [0.05, 0.1) is 27.2 Å². The Balaban J connectivity index is 2.52. The van der Waals surface area contributed by atoms with Crippen molar-refractivity contribution in [3.63, 3.8) is 0 Å². The van der Waals surface area contributed by atoms with Crippen LogP contribution >= 0.6 is 0 Å². The van der Waals surface area contributed by atoms with Gasteiger partial charge in [0.25, 0.3) is 0 Å². The number of likely N-dealkylation sites (tertiary alicyclic amines) is 1. The van der Waals surface area contributed by atoms with Crippen LogP contribution in [0, 0.1) is 0 Å². The molecule has 0 bridgehead atoms. The zero-order valence-corrected chi connectivity index (χ0v) is 6.30. The minimum atomic E-state index is 0.354. The molecule has 1 aliphatic heterocycles. The minimum Gasteiger partial charge on any atom is -0.390 e. The predicted molar refractivity (Wildman–Crippen MR) is 37.1 cm³/mol. The average Bonchev–Trinajstić information content (AvgIpc) is 2.08. The van der Waals surface area contributed by atoms with Crippen LogP contribution in [0.4, 0.5) is 0 Å². The van der Waals surface area contributed by atoms with Gasteiger partial charge in [0.2, 0.25) is 0 Å². The summed E-state index contributed by atoms with van der Waals surface area (Å²) in [5, 5.41) is 8.89. The smallest absolute Gasteiger partial charge is 0.112 e. The lowest BCUT2D eigenvalue weighted by atomic mass is 10.2. The number of aliphatic hydroxyl groups excluding tert-OH is 1. The first-order chi connectivity index (χ1) is 4.17. The van der Waals surface area contributed by atoms with Crippen LogP contribution in [-0.2, 0) is 0 Å². The van der Waals surface area contributed by atoms with Gasteiger partial charge in [0.15, 0.2) is 0 Å². The van der Waals surface area contributed by atoms with Crippen molar-refractivity contribution < 1.29 is 9.59 Å². The Bertz CT molecular complexity index is 101. The Morgan fingerprint density at radius 1 is 1.56 bits per heavy atom. The average molecular weight is 130 g/mol. The molecule has 1 aliphatic rings. The lowest BCUT2D eigenvalue weighted by molar-refractivity contribution is -0.902. The summed E-state index contributed by atoms with van der Waals surface area (Å²) in [6, 6.07) is 0.505. The van der Waals surface area contributed by atoms with Gasteiger partial charge in [-0.1, -0.05) is 0 Å². The van der Waals surface area contributed by atoms with Gasteiger partial charge in [-0.25, -0.2) is 0 Å². The standard InChI is InChI=1S/C7H16NO/c1-8(2)5-3-4-7(8)6-9/h7,9H,3-6H2,1-2H3/q+1. The predicted octanol–water partition coefficient (Wildman–Crippen LogP) is 0.218. The van der Waals surface area contributed by atoms with E-state index in [1.807, 2.05) is 0 Å². The molecule has 1 heterocycles. The Morgan fingerprint density at radius 2 is 2.22 bits per heavy atom. The second-order valence-electron chi connectivity index (χ2n) is 3.48. The van der Waals surface area contributed by atoms with E-state index in [4.69, 9.17) is 5.11 Å². The molecule has 2 nitrogen and oxygen atoms in total. The zero-order valence-electron chi connectivity index (χ0n) is 6.30. The highest BCUT2D eigenvalue weighted by atomic mass is 16.3. The molecular weight excluding hydrogens is 114 g/mol. The van der Waals surface area contributed by atoms with E-state index in [1.54, 1.807) is 0 Å². The second kappa shape index (κ2) is 2.27. The molecule has 0 amide bonds. The lowest BCUT2D eigenvalue weighted by Gasteiger charge is -2.30. The lowest BCUT2D eigenvalue weighted by Crippen LogP contribution is -2.45. The summed E-state index contributed by atoms with van der Waals surface area (Å²) in [5.41, 5.74) is 0. The molecule has 9 heavy (non-hydrogen) atoms. The highest BCUT2D eigenvalue weighted by Gasteiger charge is 2.32. The monoisotopic (exact) mass is 130 g/mol. The van der Waals surface area contributed by atoms with E-state index in [1.165, 1.54) is 19.4 Å². The molecule has 54 valence electrons. The van der Waals surface area contributed by atoms with Crippen LogP contribution < -0.4 is 0 Å². The second-order valence-corrected chi connectivity index (χ2v) is 3.48. The molecule has 1 rings (SSSR count). The van der Waals surface area contributed by atoms with E-state index in [0.29, 0.717) is 12.6 Å². The van der Waals surface area contributed by atoms with Gasteiger partial charge >= 0.3 is 0 Å². The van der Waals surface area contributed by atoms with Crippen LogP contribution in [0.15, 0.2) is 0 Å². The van der Waals surface area contributed by atoms with Gasteiger partial charge in [-0.3, -0.25) is 0 Å². The molecule has 0 spiro atoms. The summed E-state index contributed by atoms with van der Waals surface area (Å²) in [6.45, 7) is 1.58. The fourth-order valence-electron chi connectivity index (χ4n) is 1.58. The molecule has 0 aromatic heterocycles. The molecule has 0 saturated carbocycles. The summed E-state index contributed by atoms with van der Waals surface area (Å²) >= 11 is 0.